The standard InChI is InChI=1S/C20H23N7O2/c1-2-29-16-8-4-3-7-15(16)24-20(28)23-14-13-22-18-10-11-19(27-26-18)25-17-9-5-6-12-21-17/h3-12H,2,13-14H2,1H3,(H,22,26)(H,21,25,27)(H2,23,24,28). The molecule has 2 aromatic heterocycles. The number of hydrogen-bond donors (Lipinski definition) is 4. The van der Waals surface area contributed by atoms with E-state index in [1.807, 2.05) is 43.3 Å². The molecule has 0 saturated heterocycles. The molecule has 0 aliphatic heterocycles. The minimum atomic E-state index is -0.306. The van der Waals surface area contributed by atoms with Crippen molar-refractivity contribution in [1.29, 1.82) is 0 Å². The predicted octanol–water partition coefficient (Wildman–Crippen LogP) is 3.25. The molecular formula is C20H23N7O2. The summed E-state index contributed by atoms with van der Waals surface area (Å²) in [6.45, 7) is 3.34. The highest BCUT2D eigenvalue weighted by atomic mass is 16.5. The van der Waals surface area contributed by atoms with Gasteiger partial charge in [-0.3, -0.25) is 0 Å². The van der Waals surface area contributed by atoms with E-state index in [0.717, 1.165) is 0 Å². The summed E-state index contributed by atoms with van der Waals surface area (Å²) in [5, 5.41) is 19.9. The molecule has 0 saturated carbocycles. The molecule has 2 amide bonds. The van der Waals surface area contributed by atoms with Crippen LogP contribution in [0.15, 0.2) is 60.8 Å². The van der Waals surface area contributed by atoms with Gasteiger partial charge in [0.1, 0.15) is 17.4 Å². The molecule has 4 N–H and O–H groups in total. The van der Waals surface area contributed by atoms with E-state index in [4.69, 9.17) is 4.74 Å². The van der Waals surface area contributed by atoms with Crippen molar-refractivity contribution in [2.24, 2.45) is 0 Å². The number of anilines is 4. The zero-order valence-electron chi connectivity index (χ0n) is 16.1. The highest BCUT2D eigenvalue weighted by Gasteiger charge is 2.06. The lowest BCUT2D eigenvalue weighted by atomic mass is 10.3. The van der Waals surface area contributed by atoms with Gasteiger partial charge in [0.05, 0.1) is 12.3 Å². The molecule has 0 fully saturated rings. The fourth-order valence-corrected chi connectivity index (χ4v) is 2.45. The van der Waals surface area contributed by atoms with Crippen molar-refractivity contribution < 1.29 is 9.53 Å². The molecular weight excluding hydrogens is 370 g/mol. The molecule has 0 radical (unpaired) electrons. The van der Waals surface area contributed by atoms with Crippen LogP contribution >= 0.6 is 0 Å². The number of pyridine rings is 1. The van der Waals surface area contributed by atoms with Gasteiger partial charge in [0.25, 0.3) is 0 Å². The summed E-state index contributed by atoms with van der Waals surface area (Å²) < 4.78 is 5.49. The summed E-state index contributed by atoms with van der Waals surface area (Å²) in [7, 11) is 0. The van der Waals surface area contributed by atoms with Crippen LogP contribution in [-0.2, 0) is 0 Å². The third kappa shape index (κ3) is 6.35. The number of nitrogens with zero attached hydrogens (tertiary/aromatic N) is 3. The first kappa shape index (κ1) is 19.9. The lowest BCUT2D eigenvalue weighted by Gasteiger charge is -2.12. The maximum absolute atomic E-state index is 12.1. The summed E-state index contributed by atoms with van der Waals surface area (Å²) in [6, 6.07) is 16.2. The van der Waals surface area contributed by atoms with Gasteiger partial charge in [-0.1, -0.05) is 18.2 Å². The van der Waals surface area contributed by atoms with Crippen molar-refractivity contribution in [3.05, 3.63) is 60.8 Å². The number of para-hydroxylation sites is 2. The summed E-state index contributed by atoms with van der Waals surface area (Å²) in [5.41, 5.74) is 0.627. The predicted molar refractivity (Wildman–Crippen MR) is 113 cm³/mol. The van der Waals surface area contributed by atoms with Crippen molar-refractivity contribution in [1.82, 2.24) is 20.5 Å². The Morgan fingerprint density at radius 3 is 2.48 bits per heavy atom. The molecule has 0 aliphatic carbocycles. The lowest BCUT2D eigenvalue weighted by Crippen LogP contribution is -2.32. The summed E-state index contributed by atoms with van der Waals surface area (Å²) in [6.07, 6.45) is 1.70. The average molecular weight is 393 g/mol. The Kier molecular flexibility index (Phi) is 7.16. The van der Waals surface area contributed by atoms with Crippen LogP contribution in [0.2, 0.25) is 0 Å². The SMILES string of the molecule is CCOc1ccccc1NC(=O)NCCNc1ccc(Nc2ccccn2)nn1. The lowest BCUT2D eigenvalue weighted by molar-refractivity contribution is 0.252. The molecule has 29 heavy (non-hydrogen) atoms. The van der Waals surface area contributed by atoms with E-state index in [9.17, 15) is 4.79 Å². The number of carbonyl (C=O) groups excluding carboxylic acids is 1. The van der Waals surface area contributed by atoms with E-state index >= 15 is 0 Å². The Balaban J connectivity index is 1.39. The van der Waals surface area contributed by atoms with Gasteiger partial charge in [0.2, 0.25) is 0 Å². The second-order valence-electron chi connectivity index (χ2n) is 5.88. The van der Waals surface area contributed by atoms with Gasteiger partial charge < -0.3 is 26.0 Å². The third-order valence-electron chi connectivity index (χ3n) is 3.74. The van der Waals surface area contributed by atoms with Gasteiger partial charge in [-0.05, 0) is 43.3 Å². The van der Waals surface area contributed by atoms with Gasteiger partial charge in [-0.25, -0.2) is 9.78 Å². The third-order valence-corrected chi connectivity index (χ3v) is 3.74. The van der Waals surface area contributed by atoms with E-state index < -0.39 is 0 Å². The minimum absolute atomic E-state index is 0.306. The molecule has 0 spiro atoms. The zero-order chi connectivity index (χ0) is 20.3. The van der Waals surface area contributed by atoms with Crippen LogP contribution < -0.4 is 26.0 Å². The quantitative estimate of drug-likeness (QED) is 0.413. The normalized spacial score (nSPS) is 10.1. The van der Waals surface area contributed by atoms with Crippen molar-refractivity contribution in [3.8, 4) is 5.75 Å². The van der Waals surface area contributed by atoms with Crippen molar-refractivity contribution in [2.45, 2.75) is 6.92 Å². The van der Waals surface area contributed by atoms with Crippen LogP contribution in [0.3, 0.4) is 0 Å². The number of rotatable bonds is 9. The number of nitrogens with one attached hydrogen (secondary N) is 4. The minimum Gasteiger partial charge on any atom is -0.492 e. The van der Waals surface area contributed by atoms with Crippen LogP contribution in [0, 0.1) is 0 Å². The molecule has 0 unspecified atom stereocenters. The van der Waals surface area contributed by atoms with Crippen molar-refractivity contribution >= 4 is 29.2 Å². The Morgan fingerprint density at radius 2 is 1.72 bits per heavy atom. The first-order valence-electron chi connectivity index (χ1n) is 9.27. The fraction of sp³-hybridized carbons (Fsp3) is 0.200. The Bertz CT molecular complexity index is 904. The van der Waals surface area contributed by atoms with E-state index in [1.54, 1.807) is 24.4 Å². The largest absolute Gasteiger partial charge is 0.492 e. The molecule has 0 bridgehead atoms. The smallest absolute Gasteiger partial charge is 0.319 e. The summed E-state index contributed by atoms with van der Waals surface area (Å²) >= 11 is 0. The highest BCUT2D eigenvalue weighted by Crippen LogP contribution is 2.23. The van der Waals surface area contributed by atoms with Gasteiger partial charge >= 0.3 is 6.03 Å². The second kappa shape index (κ2) is 10.5. The number of hydrogen-bond acceptors (Lipinski definition) is 7. The maximum atomic E-state index is 12.1. The van der Waals surface area contributed by atoms with Gasteiger partial charge in [-0.15, -0.1) is 10.2 Å². The summed E-state index contributed by atoms with van der Waals surface area (Å²) in [4.78, 5) is 16.2. The van der Waals surface area contributed by atoms with Gasteiger partial charge in [0, 0.05) is 19.3 Å². The molecule has 1 aromatic carbocycles. The van der Waals surface area contributed by atoms with E-state index in [1.165, 1.54) is 0 Å². The topological polar surface area (TPSA) is 113 Å². The molecule has 0 aliphatic rings. The second-order valence-corrected chi connectivity index (χ2v) is 5.88. The number of amides is 2. The number of carbonyl (C=O) groups is 1. The van der Waals surface area contributed by atoms with Crippen molar-refractivity contribution in [3.63, 3.8) is 0 Å². The number of urea groups is 1. The molecule has 3 rings (SSSR count). The number of aromatic nitrogens is 3. The van der Waals surface area contributed by atoms with Gasteiger partial charge in [0.15, 0.2) is 5.82 Å². The van der Waals surface area contributed by atoms with Crippen LogP contribution in [-0.4, -0.2) is 40.9 Å². The van der Waals surface area contributed by atoms with Crippen LogP contribution in [0.4, 0.5) is 27.9 Å². The average Bonchev–Trinajstić information content (AvgIpc) is 2.75. The van der Waals surface area contributed by atoms with Gasteiger partial charge in [-0.2, -0.15) is 0 Å². The maximum Gasteiger partial charge on any atom is 0.319 e. The van der Waals surface area contributed by atoms with Crippen LogP contribution in [0.1, 0.15) is 6.92 Å². The summed E-state index contributed by atoms with van der Waals surface area (Å²) in [5.74, 6) is 2.54. The highest BCUT2D eigenvalue weighted by molar-refractivity contribution is 5.90. The Hall–Kier alpha value is -3.88. The number of ether oxygens (including phenoxy) is 1. The molecule has 2 heterocycles. The van der Waals surface area contributed by atoms with E-state index in [-0.39, 0.29) is 6.03 Å². The van der Waals surface area contributed by atoms with E-state index in [0.29, 0.717) is 48.6 Å². The first-order valence-corrected chi connectivity index (χ1v) is 9.27. The number of benzene rings is 1. The van der Waals surface area contributed by atoms with Crippen LogP contribution in [0.5, 0.6) is 5.75 Å². The molecule has 9 nitrogen and oxygen atoms in total. The molecule has 9 heteroatoms. The molecule has 0 atom stereocenters. The monoisotopic (exact) mass is 393 g/mol. The van der Waals surface area contributed by atoms with E-state index in [2.05, 4.69) is 36.4 Å². The fourth-order valence-electron chi connectivity index (χ4n) is 2.45. The zero-order valence-corrected chi connectivity index (χ0v) is 16.1. The Morgan fingerprint density at radius 1 is 0.931 bits per heavy atom. The molecule has 3 aromatic rings. The first-order chi connectivity index (χ1) is 14.2. The van der Waals surface area contributed by atoms with Crippen LogP contribution in [0.25, 0.3) is 0 Å². The molecule has 150 valence electrons. The Labute approximate surface area is 168 Å². The van der Waals surface area contributed by atoms with Crippen molar-refractivity contribution in [2.75, 3.05) is 35.6 Å².